The molecule has 80 valence electrons. The van der Waals surface area contributed by atoms with Gasteiger partial charge in [-0.2, -0.15) is 0 Å². The third-order valence-corrected chi connectivity index (χ3v) is 0.993. The van der Waals surface area contributed by atoms with Gasteiger partial charge in [0.25, 0.3) is 0 Å². The summed E-state index contributed by atoms with van der Waals surface area (Å²) in [6.07, 6.45) is -0.696. The summed E-state index contributed by atoms with van der Waals surface area (Å²) >= 11 is 0. The molecule has 0 aromatic heterocycles. The van der Waals surface area contributed by atoms with Gasteiger partial charge in [0, 0.05) is 0 Å². The van der Waals surface area contributed by atoms with E-state index in [0.717, 1.165) is 0 Å². The van der Waals surface area contributed by atoms with Crippen LogP contribution in [0.5, 0.6) is 0 Å². The first-order valence-corrected chi connectivity index (χ1v) is 3.44. The van der Waals surface area contributed by atoms with E-state index in [4.69, 9.17) is 10.2 Å². The fourth-order valence-electron chi connectivity index (χ4n) is 0.546. The van der Waals surface area contributed by atoms with E-state index in [1.807, 2.05) is 0 Å². The van der Waals surface area contributed by atoms with Crippen molar-refractivity contribution in [1.82, 2.24) is 5.32 Å². The number of carbonyl (C=O) groups is 3. The van der Waals surface area contributed by atoms with E-state index >= 15 is 0 Å². The minimum Gasteiger partial charge on any atom is -0.481 e. The summed E-state index contributed by atoms with van der Waals surface area (Å²) < 4.78 is 0. The van der Waals surface area contributed by atoms with E-state index in [9.17, 15) is 14.4 Å². The molecule has 0 aromatic rings. The number of carboxylic acids is 2. The molecule has 0 radical (unpaired) electrons. The van der Waals surface area contributed by atoms with Gasteiger partial charge in [0.2, 0.25) is 0 Å². The van der Waals surface area contributed by atoms with Gasteiger partial charge in [0.1, 0.15) is 6.04 Å². The lowest BCUT2D eigenvalue weighted by molar-refractivity contribution is -0.145. The number of hydrogen-bond donors (Lipinski definition) is 4. The Kier molecular flexibility index (Phi) is 7.85. The number of primary amides is 1. The van der Waals surface area contributed by atoms with Crippen molar-refractivity contribution in [1.29, 1.82) is 0 Å². The lowest BCUT2D eigenvalue weighted by atomic mass is 10.2. The Hall–Kier alpha value is -2.05. The highest BCUT2D eigenvalue weighted by molar-refractivity contribution is 5.85. The SMILES string of the molecule is C=C.NC(=O)NC(CC(=O)O)C(=O)O. The lowest BCUT2D eigenvalue weighted by Gasteiger charge is -2.08. The molecule has 0 aromatic carbocycles. The van der Waals surface area contributed by atoms with Crippen molar-refractivity contribution in [3.8, 4) is 0 Å². The third kappa shape index (κ3) is 8.05. The number of rotatable bonds is 4. The average Bonchev–Trinajstić information content (AvgIpc) is 2.05. The van der Waals surface area contributed by atoms with Crippen molar-refractivity contribution in [2.75, 3.05) is 0 Å². The van der Waals surface area contributed by atoms with Gasteiger partial charge in [-0.3, -0.25) is 4.79 Å². The normalized spacial score (nSPS) is 10.3. The second-order valence-corrected chi connectivity index (χ2v) is 2.00. The molecule has 0 bridgehead atoms. The monoisotopic (exact) mass is 204 g/mol. The van der Waals surface area contributed by atoms with Crippen LogP contribution in [0.4, 0.5) is 4.79 Å². The number of nitrogens with one attached hydrogen (secondary N) is 1. The lowest BCUT2D eigenvalue weighted by Crippen LogP contribution is -2.44. The Balaban J connectivity index is 0. The van der Waals surface area contributed by atoms with Crippen LogP contribution < -0.4 is 11.1 Å². The van der Waals surface area contributed by atoms with E-state index in [-0.39, 0.29) is 0 Å². The highest BCUT2D eigenvalue weighted by Gasteiger charge is 2.21. The molecule has 14 heavy (non-hydrogen) atoms. The smallest absolute Gasteiger partial charge is 0.326 e. The molecular formula is C7H12N2O5. The molecule has 0 aliphatic carbocycles. The van der Waals surface area contributed by atoms with E-state index in [1.165, 1.54) is 0 Å². The fourth-order valence-corrected chi connectivity index (χ4v) is 0.546. The number of carboxylic acid groups (broad SMARTS) is 2. The fraction of sp³-hybridized carbons (Fsp3) is 0.286. The van der Waals surface area contributed by atoms with E-state index in [2.05, 4.69) is 18.9 Å². The van der Waals surface area contributed by atoms with E-state index in [0.29, 0.717) is 0 Å². The molecule has 1 atom stereocenters. The number of carbonyl (C=O) groups excluding carboxylic acids is 1. The summed E-state index contributed by atoms with van der Waals surface area (Å²) in [5.74, 6) is -2.76. The highest BCUT2D eigenvalue weighted by atomic mass is 16.4. The van der Waals surface area contributed by atoms with Crippen LogP contribution in [-0.2, 0) is 9.59 Å². The first kappa shape index (κ1) is 14.5. The van der Waals surface area contributed by atoms with Crippen LogP contribution in [0.25, 0.3) is 0 Å². The van der Waals surface area contributed by atoms with Crippen LogP contribution in [0.15, 0.2) is 13.2 Å². The molecule has 2 amide bonds. The summed E-state index contributed by atoms with van der Waals surface area (Å²) in [6.45, 7) is 6.00. The first-order chi connectivity index (χ1) is 6.43. The Labute approximate surface area is 80.2 Å². The number of aliphatic carboxylic acids is 2. The van der Waals surface area contributed by atoms with Crippen molar-refractivity contribution in [2.45, 2.75) is 12.5 Å². The zero-order chi connectivity index (χ0) is 11.7. The second kappa shape index (κ2) is 7.59. The zero-order valence-electron chi connectivity index (χ0n) is 7.40. The zero-order valence-corrected chi connectivity index (χ0v) is 7.40. The average molecular weight is 204 g/mol. The summed E-state index contributed by atoms with van der Waals surface area (Å²) in [4.78, 5) is 30.4. The molecule has 0 heterocycles. The van der Waals surface area contributed by atoms with E-state index < -0.39 is 30.4 Å². The molecule has 0 spiro atoms. The van der Waals surface area contributed by atoms with Crippen LogP contribution in [-0.4, -0.2) is 34.2 Å². The predicted molar refractivity (Wildman–Crippen MR) is 47.6 cm³/mol. The van der Waals surface area contributed by atoms with Crippen molar-refractivity contribution < 1.29 is 24.6 Å². The molecule has 7 nitrogen and oxygen atoms in total. The quantitative estimate of drug-likeness (QED) is 0.453. The van der Waals surface area contributed by atoms with Gasteiger partial charge in [0.15, 0.2) is 0 Å². The predicted octanol–water partition coefficient (Wildman–Crippen LogP) is -0.615. The van der Waals surface area contributed by atoms with Crippen LogP contribution in [0.2, 0.25) is 0 Å². The van der Waals surface area contributed by atoms with Crippen molar-refractivity contribution >= 4 is 18.0 Å². The molecular weight excluding hydrogens is 192 g/mol. The van der Waals surface area contributed by atoms with Crippen LogP contribution in [0.1, 0.15) is 6.42 Å². The van der Waals surface area contributed by atoms with Crippen LogP contribution >= 0.6 is 0 Å². The van der Waals surface area contributed by atoms with Crippen molar-refractivity contribution in [2.24, 2.45) is 5.73 Å². The third-order valence-electron chi connectivity index (χ3n) is 0.993. The van der Waals surface area contributed by atoms with Crippen molar-refractivity contribution in [3.63, 3.8) is 0 Å². The highest BCUT2D eigenvalue weighted by Crippen LogP contribution is 1.91. The van der Waals surface area contributed by atoms with Gasteiger partial charge >= 0.3 is 18.0 Å². The maximum absolute atomic E-state index is 10.2. The van der Waals surface area contributed by atoms with Gasteiger partial charge in [-0.05, 0) is 0 Å². The van der Waals surface area contributed by atoms with Crippen LogP contribution in [0.3, 0.4) is 0 Å². The Morgan fingerprint density at radius 2 is 1.71 bits per heavy atom. The molecule has 0 fully saturated rings. The largest absolute Gasteiger partial charge is 0.481 e. The Bertz CT molecular complexity index is 212. The molecule has 5 N–H and O–H groups in total. The number of hydrogen-bond acceptors (Lipinski definition) is 3. The molecule has 0 rings (SSSR count). The molecule has 0 saturated heterocycles. The molecule has 1 unspecified atom stereocenters. The van der Waals surface area contributed by atoms with Gasteiger partial charge in [-0.15, -0.1) is 13.2 Å². The number of urea groups is 1. The Morgan fingerprint density at radius 1 is 1.29 bits per heavy atom. The summed E-state index contributed by atoms with van der Waals surface area (Å²) in [6, 6.07) is -2.54. The number of amides is 2. The maximum Gasteiger partial charge on any atom is 0.326 e. The van der Waals surface area contributed by atoms with Crippen LogP contribution in [0, 0.1) is 0 Å². The molecule has 0 aliphatic rings. The molecule has 7 heteroatoms. The minimum absolute atomic E-state index is 0.696. The maximum atomic E-state index is 10.2. The number of nitrogens with two attached hydrogens (primary N) is 1. The van der Waals surface area contributed by atoms with Gasteiger partial charge in [-0.1, -0.05) is 0 Å². The summed E-state index contributed by atoms with van der Waals surface area (Å²) in [5.41, 5.74) is 4.60. The van der Waals surface area contributed by atoms with E-state index in [1.54, 1.807) is 5.32 Å². The minimum atomic E-state index is -1.47. The summed E-state index contributed by atoms with van der Waals surface area (Å²) in [7, 11) is 0. The van der Waals surface area contributed by atoms with Crippen molar-refractivity contribution in [3.05, 3.63) is 13.2 Å². The second-order valence-electron chi connectivity index (χ2n) is 2.00. The molecule has 0 saturated carbocycles. The van der Waals surface area contributed by atoms with Gasteiger partial charge in [-0.25, -0.2) is 9.59 Å². The topological polar surface area (TPSA) is 130 Å². The molecule has 0 aliphatic heterocycles. The summed E-state index contributed by atoms with van der Waals surface area (Å²) in [5, 5.41) is 18.3. The standard InChI is InChI=1S/C5H8N2O5.C2H4/c6-5(12)7-2(4(10)11)1-3(8)9;1-2/h2H,1H2,(H,8,9)(H,10,11)(H3,6,7,12);1-2H2. The van der Waals surface area contributed by atoms with Gasteiger partial charge < -0.3 is 21.3 Å². The Morgan fingerprint density at radius 3 is 1.93 bits per heavy atom. The van der Waals surface area contributed by atoms with Gasteiger partial charge in [0.05, 0.1) is 6.42 Å². The first-order valence-electron chi connectivity index (χ1n) is 3.44.